The first-order valence-electron chi connectivity index (χ1n) is 16.0. The van der Waals surface area contributed by atoms with Gasteiger partial charge in [0.15, 0.2) is 11.6 Å². The van der Waals surface area contributed by atoms with E-state index in [1.807, 2.05) is 11.0 Å². The maximum atomic E-state index is 17.2. The lowest BCUT2D eigenvalue weighted by Gasteiger charge is -2.34. The summed E-state index contributed by atoms with van der Waals surface area (Å²) < 4.78 is 86.5. The van der Waals surface area contributed by atoms with Crippen LogP contribution >= 0.6 is 22.9 Å². The molecule has 1 saturated carbocycles. The van der Waals surface area contributed by atoms with E-state index >= 15 is 4.39 Å². The fourth-order valence-electron chi connectivity index (χ4n) is 7.84. The van der Waals surface area contributed by atoms with E-state index in [2.05, 4.69) is 9.97 Å². The lowest BCUT2D eigenvalue weighted by molar-refractivity contribution is 0.0853. The van der Waals surface area contributed by atoms with Gasteiger partial charge in [-0.15, -0.1) is 11.3 Å². The van der Waals surface area contributed by atoms with E-state index in [0.29, 0.717) is 25.8 Å². The number of nitrogens with two attached hydrogens (primary N) is 1. The number of nitrogen functional groups attached to an aromatic ring is 1. The van der Waals surface area contributed by atoms with Crippen LogP contribution < -0.4 is 20.1 Å². The molecule has 1 aliphatic carbocycles. The molecule has 3 atom stereocenters. The van der Waals surface area contributed by atoms with Gasteiger partial charge in [-0.05, 0) is 43.9 Å². The Morgan fingerprint density at radius 3 is 2.76 bits per heavy atom. The molecule has 2 saturated heterocycles. The highest BCUT2D eigenvalue weighted by atomic mass is 35.5. The van der Waals surface area contributed by atoms with Crippen LogP contribution in [0.4, 0.5) is 32.8 Å². The van der Waals surface area contributed by atoms with E-state index in [1.54, 1.807) is 0 Å². The predicted molar refractivity (Wildman–Crippen MR) is 174 cm³/mol. The Labute approximate surface area is 286 Å². The van der Waals surface area contributed by atoms with Crippen molar-refractivity contribution in [2.45, 2.75) is 68.3 Å². The third-order valence-corrected chi connectivity index (χ3v) is 11.8. The molecule has 2 aromatic heterocycles. The number of anilines is 2. The average molecular weight is 721 g/mol. The van der Waals surface area contributed by atoms with Crippen LogP contribution in [0.25, 0.3) is 32.1 Å². The fourth-order valence-corrected chi connectivity index (χ4v) is 9.12. The van der Waals surface area contributed by atoms with Gasteiger partial charge >= 0.3 is 6.01 Å². The van der Waals surface area contributed by atoms with Gasteiger partial charge < -0.3 is 25.2 Å². The lowest BCUT2D eigenvalue weighted by atomic mass is 9.95. The summed E-state index contributed by atoms with van der Waals surface area (Å²) in [5, 5.41) is 21.1. The molecule has 4 aromatic rings. The van der Waals surface area contributed by atoms with E-state index in [1.165, 1.54) is 11.0 Å². The molecule has 9 nitrogen and oxygen atoms in total. The first-order chi connectivity index (χ1) is 23.4. The maximum absolute atomic E-state index is 17.2. The van der Waals surface area contributed by atoms with Crippen molar-refractivity contribution < 1.29 is 36.5 Å². The molecule has 0 amide bonds. The van der Waals surface area contributed by atoms with Crippen LogP contribution in [0.15, 0.2) is 12.1 Å². The van der Waals surface area contributed by atoms with Crippen LogP contribution in [0.5, 0.6) is 11.8 Å². The predicted octanol–water partition coefficient (Wildman–Crippen LogP) is 6.60. The van der Waals surface area contributed by atoms with Crippen LogP contribution in [0, 0.1) is 23.0 Å². The Balaban J connectivity index is 1.36. The number of rotatable bonds is 8. The first-order valence-corrected chi connectivity index (χ1v) is 17.2. The van der Waals surface area contributed by atoms with Gasteiger partial charge in [-0.25, -0.2) is 22.0 Å². The quantitative estimate of drug-likeness (QED) is 0.194. The molecular weight excluding hydrogens is 691 g/mol. The molecule has 0 spiro atoms. The minimum Gasteiger partial charge on any atom is -0.489 e. The Kier molecular flexibility index (Phi) is 7.75. The zero-order chi connectivity index (χ0) is 34.4. The first kappa shape index (κ1) is 32.5. The van der Waals surface area contributed by atoms with Crippen molar-refractivity contribution in [3.05, 3.63) is 34.4 Å². The highest BCUT2D eigenvalue weighted by Gasteiger charge is 2.53. The summed E-state index contributed by atoms with van der Waals surface area (Å²) in [6.45, 7) is 0.508. The number of nitriles is 1. The summed E-state index contributed by atoms with van der Waals surface area (Å²) in [6.07, 6.45) is -1.77. The maximum Gasteiger partial charge on any atom is 0.319 e. The van der Waals surface area contributed by atoms with Gasteiger partial charge in [-0.2, -0.15) is 15.2 Å². The van der Waals surface area contributed by atoms with Crippen LogP contribution in [-0.2, 0) is 0 Å². The summed E-state index contributed by atoms with van der Waals surface area (Å²) in [6, 6.07) is 3.23. The van der Waals surface area contributed by atoms with Crippen molar-refractivity contribution in [3.63, 3.8) is 0 Å². The highest BCUT2D eigenvalue weighted by Crippen LogP contribution is 2.53. The SMILES string of the molecule is N#Cc1c(N)sc2c(F)ccc(-c3c(Cl)c4c5c(nc(OC[C@@]67CCCN6C[C@H](F)C7)nc5c3F)N(CCC(F)F)[C@@H](C3(O)CC3)CO4)c12. The molecule has 0 unspecified atom stereocenters. The number of thiophene rings is 1. The van der Waals surface area contributed by atoms with Gasteiger partial charge in [0, 0.05) is 36.9 Å². The van der Waals surface area contributed by atoms with Crippen LogP contribution in [0.1, 0.15) is 44.1 Å². The molecule has 258 valence electrons. The van der Waals surface area contributed by atoms with E-state index in [-0.39, 0.29) is 98.0 Å². The number of nitrogens with zero attached hydrogens (tertiary/aromatic N) is 5. The molecule has 2 aromatic carbocycles. The second-order valence-corrected chi connectivity index (χ2v) is 14.7. The van der Waals surface area contributed by atoms with Crippen LogP contribution in [0.3, 0.4) is 0 Å². The molecule has 4 aliphatic rings. The minimum atomic E-state index is -2.69. The second kappa shape index (κ2) is 11.7. The van der Waals surface area contributed by atoms with Crippen molar-refractivity contribution in [2.75, 3.05) is 43.5 Å². The number of benzene rings is 2. The summed E-state index contributed by atoms with van der Waals surface area (Å²) in [5.74, 6) is -1.73. The van der Waals surface area contributed by atoms with Crippen molar-refractivity contribution in [3.8, 4) is 29.0 Å². The number of ether oxygens (including phenoxy) is 2. The largest absolute Gasteiger partial charge is 0.489 e. The van der Waals surface area contributed by atoms with Gasteiger partial charge in [0.1, 0.15) is 47.6 Å². The molecule has 3 fully saturated rings. The smallest absolute Gasteiger partial charge is 0.319 e. The zero-order valence-electron chi connectivity index (χ0n) is 25.9. The van der Waals surface area contributed by atoms with E-state index in [0.717, 1.165) is 23.8 Å². The number of aliphatic hydroxyl groups is 1. The number of halogens is 6. The number of fused-ring (bicyclic) bond motifs is 2. The Morgan fingerprint density at radius 1 is 1.22 bits per heavy atom. The Hall–Kier alpha value is -3.71. The fraction of sp³-hybridized carbons (Fsp3) is 0.485. The molecule has 0 radical (unpaired) electrons. The Bertz CT molecular complexity index is 2060. The van der Waals surface area contributed by atoms with Crippen molar-refractivity contribution in [2.24, 2.45) is 0 Å². The number of hydrogen-bond acceptors (Lipinski definition) is 10. The van der Waals surface area contributed by atoms with Gasteiger partial charge in [-0.1, -0.05) is 17.7 Å². The molecule has 3 N–H and O–H groups in total. The number of alkyl halides is 3. The van der Waals surface area contributed by atoms with Gasteiger partial charge in [0.25, 0.3) is 0 Å². The van der Waals surface area contributed by atoms with Crippen molar-refractivity contribution >= 4 is 54.7 Å². The summed E-state index contributed by atoms with van der Waals surface area (Å²) in [4.78, 5) is 12.6. The topological polar surface area (TPSA) is 121 Å². The minimum absolute atomic E-state index is 0.00643. The van der Waals surface area contributed by atoms with Crippen molar-refractivity contribution in [1.29, 1.82) is 5.26 Å². The number of hydrogen-bond donors (Lipinski definition) is 2. The molecule has 16 heteroatoms. The standard InChI is InChI=1S/C33H30ClF5N6O3S/c34-24-22(16-2-3-18(36)28-21(16)17(11-40)29(41)49-28)25(39)26-23-27(24)47-13-19(33(46)6-7-33)45(9-4-20(37)38)30(23)43-31(42-26)48-14-32-5-1-8-44(32)12-15(35)10-32/h2-3,15,19-20,46H,1,4-10,12-14,41H2/t15-,19-,32+/m1/s1. The van der Waals surface area contributed by atoms with Crippen molar-refractivity contribution in [1.82, 2.24) is 14.9 Å². The van der Waals surface area contributed by atoms with Crippen LogP contribution in [0.2, 0.25) is 5.02 Å². The van der Waals surface area contributed by atoms with Gasteiger partial charge in [0.2, 0.25) is 6.43 Å². The van der Waals surface area contributed by atoms with Gasteiger partial charge in [-0.3, -0.25) is 4.90 Å². The normalized spacial score (nSPS) is 24.3. The second-order valence-electron chi connectivity index (χ2n) is 13.3. The third-order valence-electron chi connectivity index (χ3n) is 10.4. The van der Waals surface area contributed by atoms with Gasteiger partial charge in [0.05, 0.1) is 37.9 Å². The molecular formula is C33H30ClF5N6O3S. The Morgan fingerprint density at radius 2 is 2.02 bits per heavy atom. The molecule has 5 heterocycles. The van der Waals surface area contributed by atoms with E-state index in [4.69, 9.17) is 26.8 Å². The summed E-state index contributed by atoms with van der Waals surface area (Å²) in [5.41, 5.74) is 3.60. The molecule has 3 aliphatic heterocycles. The third kappa shape index (κ3) is 5.13. The lowest BCUT2D eigenvalue weighted by Crippen LogP contribution is -2.49. The molecule has 49 heavy (non-hydrogen) atoms. The number of aromatic nitrogens is 2. The monoisotopic (exact) mass is 720 g/mol. The van der Waals surface area contributed by atoms with E-state index in [9.17, 15) is 27.9 Å². The molecule has 8 rings (SSSR count). The average Bonchev–Trinajstić information content (AvgIpc) is 3.44. The summed E-state index contributed by atoms with van der Waals surface area (Å²) >= 11 is 7.80. The molecule has 0 bridgehead atoms. The zero-order valence-corrected chi connectivity index (χ0v) is 27.5. The van der Waals surface area contributed by atoms with Crippen LogP contribution in [-0.4, -0.2) is 82.6 Å². The highest BCUT2D eigenvalue weighted by molar-refractivity contribution is 7.23. The summed E-state index contributed by atoms with van der Waals surface area (Å²) in [7, 11) is 0. The van der Waals surface area contributed by atoms with E-state index < -0.39 is 47.8 Å².